The van der Waals surface area contributed by atoms with Gasteiger partial charge in [0.25, 0.3) is 0 Å². The topological polar surface area (TPSA) is 125 Å². The fourth-order valence-corrected chi connectivity index (χ4v) is 5.79. The Morgan fingerprint density at radius 2 is 0.727 bits per heavy atom. The first-order valence-electron chi connectivity index (χ1n) is 13.2. The van der Waals surface area contributed by atoms with Crippen molar-refractivity contribution in [1.29, 1.82) is 0 Å². The van der Waals surface area contributed by atoms with Crippen molar-refractivity contribution in [2.24, 2.45) is 0 Å². The molecule has 0 saturated carbocycles. The highest BCUT2D eigenvalue weighted by atomic mass is 35.5. The van der Waals surface area contributed by atoms with Gasteiger partial charge in [0.2, 0.25) is 0 Å². The number of hydrogen-bond donors (Lipinski definition) is 0. The van der Waals surface area contributed by atoms with Crippen LogP contribution in [0.4, 0.5) is 79.0 Å². The van der Waals surface area contributed by atoms with E-state index in [0.717, 1.165) is 26.0 Å². The molecule has 3 heterocycles. The smallest absolute Gasteiger partial charge is 0.378 e. The van der Waals surface area contributed by atoms with Gasteiger partial charge in [-0.3, -0.25) is 9.97 Å². The zero-order chi connectivity index (χ0) is 43.0. The molecule has 3 aromatic heterocycles. The summed E-state index contributed by atoms with van der Waals surface area (Å²) < 4.78 is 295. The number of pyridine rings is 3. The first-order valence-corrected chi connectivity index (χ1v) is 16.4. The van der Waals surface area contributed by atoms with Crippen molar-refractivity contribution in [3.05, 3.63) is 52.8 Å². The van der Waals surface area contributed by atoms with Gasteiger partial charge in [0.1, 0.15) is 11.5 Å². The van der Waals surface area contributed by atoms with Crippen LogP contribution >= 0.6 is 11.6 Å². The molecule has 0 N–H and O–H groups in total. The lowest BCUT2D eigenvalue weighted by Crippen LogP contribution is -2.63. The van der Waals surface area contributed by atoms with Crippen LogP contribution in [-0.2, 0) is 20.2 Å². The van der Waals surface area contributed by atoms with E-state index in [-0.39, 0.29) is 12.1 Å². The van der Waals surface area contributed by atoms with Crippen molar-refractivity contribution in [2.75, 3.05) is 0 Å². The third kappa shape index (κ3) is 7.73. The van der Waals surface area contributed by atoms with Gasteiger partial charge in [-0.15, -0.1) is 0 Å². The van der Waals surface area contributed by atoms with E-state index in [1.54, 1.807) is 0 Å². The maximum atomic E-state index is 14.2. The van der Waals surface area contributed by atoms with E-state index in [4.69, 9.17) is 11.6 Å². The molecule has 0 bridgehead atoms. The van der Waals surface area contributed by atoms with Gasteiger partial charge in [-0.05, 0) is 26.0 Å². The van der Waals surface area contributed by atoms with Gasteiger partial charge in [-0.25, -0.2) is 4.98 Å². The number of halogens is 19. The highest BCUT2D eigenvalue weighted by Crippen LogP contribution is 2.56. The van der Waals surface area contributed by atoms with Gasteiger partial charge in [0.05, 0.1) is 22.8 Å². The summed E-state index contributed by atoms with van der Waals surface area (Å²) in [7, 11) is -14.9. The molecular weight excluding hydrogens is 880 g/mol. The van der Waals surface area contributed by atoms with E-state index in [9.17, 15) is 95.9 Å². The van der Waals surface area contributed by atoms with Gasteiger partial charge in [-0.1, -0.05) is 11.6 Å². The summed E-state index contributed by atoms with van der Waals surface area (Å²) in [5.41, 5.74) is -3.91. The van der Waals surface area contributed by atoms with Crippen LogP contribution < -0.4 is 8.37 Å². The van der Waals surface area contributed by atoms with Crippen LogP contribution in [0.5, 0.6) is 11.5 Å². The summed E-state index contributed by atoms with van der Waals surface area (Å²) >= 11 is 5.96. The highest BCUT2D eigenvalue weighted by molar-refractivity contribution is 7.88. The molecule has 0 radical (unpaired) electrons. The molecular formula is C25H12ClF18N3O6S2. The van der Waals surface area contributed by atoms with Crippen molar-refractivity contribution in [1.82, 2.24) is 15.0 Å². The molecule has 0 fully saturated rings. The summed E-state index contributed by atoms with van der Waals surface area (Å²) in [6, 6.07) is 2.76. The van der Waals surface area contributed by atoms with Gasteiger partial charge in [-0.2, -0.15) is 95.9 Å². The Hall–Kier alpha value is -4.02. The van der Waals surface area contributed by atoms with Crippen LogP contribution in [0, 0.1) is 13.8 Å². The summed E-state index contributed by atoms with van der Waals surface area (Å²) in [6.07, 6.45) is -14.8. The first kappa shape index (κ1) is 45.4. The van der Waals surface area contributed by atoms with E-state index in [1.807, 2.05) is 0 Å². The third-order valence-corrected chi connectivity index (χ3v) is 9.25. The maximum absolute atomic E-state index is 14.2. The quantitative estimate of drug-likeness (QED) is 0.130. The molecule has 3 aromatic rings. The molecule has 3 rings (SSSR count). The Labute approximate surface area is 298 Å². The Bertz CT molecular complexity index is 2050. The lowest BCUT2D eigenvalue weighted by molar-refractivity contribution is -0.382. The van der Waals surface area contributed by atoms with E-state index in [2.05, 4.69) is 23.3 Å². The molecule has 0 atom stereocenters. The number of aryl methyl sites for hydroxylation is 2. The Balaban J connectivity index is 2.08. The normalized spacial score (nSPS) is 14.6. The minimum absolute atomic E-state index is 0.243. The third-order valence-electron chi connectivity index (χ3n) is 6.44. The first-order chi connectivity index (χ1) is 24.3. The zero-order valence-corrected chi connectivity index (χ0v) is 28.1. The van der Waals surface area contributed by atoms with Crippen LogP contribution in [0.1, 0.15) is 11.4 Å². The van der Waals surface area contributed by atoms with Gasteiger partial charge in [0, 0.05) is 40.7 Å². The summed E-state index contributed by atoms with van der Waals surface area (Å²) in [4.78, 5) is 11.3. The summed E-state index contributed by atoms with van der Waals surface area (Å²) in [6.45, 7) is 1.82. The monoisotopic (exact) mass is 891 g/mol. The molecule has 0 unspecified atom stereocenters. The second-order valence-electron chi connectivity index (χ2n) is 10.6. The number of alkyl halides is 18. The van der Waals surface area contributed by atoms with Crippen LogP contribution in [0.15, 0.2) is 36.4 Å². The molecule has 55 heavy (non-hydrogen) atoms. The maximum Gasteiger partial charge on any atom is 0.460 e. The van der Waals surface area contributed by atoms with Crippen LogP contribution in [0.2, 0.25) is 5.02 Å². The second-order valence-corrected chi connectivity index (χ2v) is 14.2. The average Bonchev–Trinajstić information content (AvgIpc) is 2.98. The minimum atomic E-state index is -7.67. The van der Waals surface area contributed by atoms with Gasteiger partial charge < -0.3 is 8.37 Å². The highest BCUT2D eigenvalue weighted by Gasteiger charge is 2.87. The van der Waals surface area contributed by atoms with Crippen LogP contribution in [0.3, 0.4) is 0 Å². The number of hydrogen-bond acceptors (Lipinski definition) is 9. The SMILES string of the molecule is Cc1cc(OS(=O)(=O)C(F)(F)C(F)(F)C(F)(F)C(F)(F)F)cc(-c2cc(Cl)cc(-c3cc(OS(=O)(=O)C(F)(F)C(F)(F)C(F)(F)C(F)(F)F)cc(C)n3)n2)n1. The minimum Gasteiger partial charge on any atom is -0.378 e. The zero-order valence-electron chi connectivity index (χ0n) is 25.8. The largest absolute Gasteiger partial charge is 0.460 e. The molecule has 0 spiro atoms. The predicted octanol–water partition coefficient (Wildman–Crippen LogP) is 8.74. The summed E-state index contributed by atoms with van der Waals surface area (Å²) in [5, 5.41) is -15.1. The lowest BCUT2D eigenvalue weighted by Gasteiger charge is -2.32. The summed E-state index contributed by atoms with van der Waals surface area (Å²) in [5.74, 6) is -33.6. The van der Waals surface area contributed by atoms with Crippen LogP contribution in [-0.4, -0.2) is 78.3 Å². The van der Waals surface area contributed by atoms with Crippen molar-refractivity contribution in [3.63, 3.8) is 0 Å². The van der Waals surface area contributed by atoms with Crippen molar-refractivity contribution < 1.29 is 104 Å². The Morgan fingerprint density at radius 3 is 1.00 bits per heavy atom. The van der Waals surface area contributed by atoms with Gasteiger partial charge in [0.15, 0.2) is 0 Å². The second kappa shape index (κ2) is 13.6. The van der Waals surface area contributed by atoms with Crippen molar-refractivity contribution in [3.8, 4) is 34.3 Å². The fraction of sp³-hybridized carbons (Fsp3) is 0.400. The number of rotatable bonds is 12. The Kier molecular flexibility index (Phi) is 11.2. The lowest BCUT2D eigenvalue weighted by atomic mass is 10.1. The fourth-order valence-electron chi connectivity index (χ4n) is 3.79. The standard InChI is InChI=1S/C25H12ClF18N3O6S2/c1-9-3-12(52-54(48,49)24(41,42)20(31,32)18(27,28)22(35,36)37)7-16(45-9)14-5-11(26)6-15(47-14)17-8-13(4-10(2)46-17)53-55(50,51)25(43,44)21(33,34)19(29,30)23(38,39)40/h3-8H,1-2H3. The van der Waals surface area contributed by atoms with E-state index < -0.39 is 117 Å². The molecule has 0 aliphatic rings. The average molecular weight is 892 g/mol. The predicted molar refractivity (Wildman–Crippen MR) is 146 cm³/mol. The molecule has 30 heteroatoms. The van der Waals surface area contributed by atoms with E-state index in [0.29, 0.717) is 12.1 Å². The van der Waals surface area contributed by atoms with Gasteiger partial charge >= 0.3 is 66.8 Å². The number of nitrogens with zero attached hydrogens (tertiary/aromatic N) is 3. The molecule has 0 aliphatic heterocycles. The molecule has 0 saturated heterocycles. The van der Waals surface area contributed by atoms with Crippen LogP contribution in [0.25, 0.3) is 22.8 Å². The molecule has 0 aromatic carbocycles. The van der Waals surface area contributed by atoms with Crippen molar-refractivity contribution in [2.45, 2.75) is 60.4 Å². The number of aromatic nitrogens is 3. The molecule has 308 valence electrons. The van der Waals surface area contributed by atoms with E-state index >= 15 is 0 Å². The van der Waals surface area contributed by atoms with Crippen molar-refractivity contribution >= 4 is 31.8 Å². The molecule has 0 amide bonds. The van der Waals surface area contributed by atoms with E-state index in [1.165, 1.54) is 0 Å². The molecule has 9 nitrogen and oxygen atoms in total. The Morgan fingerprint density at radius 1 is 0.455 bits per heavy atom. The molecule has 0 aliphatic carbocycles.